The number of hydrogen-bond donors (Lipinski definition) is 1. The third kappa shape index (κ3) is 1.70. The zero-order chi connectivity index (χ0) is 7.78. The monoisotopic (exact) mass is 143 g/mol. The van der Waals surface area contributed by atoms with E-state index in [-0.39, 0.29) is 11.6 Å². The van der Waals surface area contributed by atoms with Gasteiger partial charge in [0.1, 0.15) is 6.23 Å². The summed E-state index contributed by atoms with van der Waals surface area (Å²) in [4.78, 5) is 0. The molecule has 0 saturated carbocycles. The molecule has 1 N–H and O–H groups in total. The van der Waals surface area contributed by atoms with Gasteiger partial charge in [-0.3, -0.25) is 5.32 Å². The molecule has 0 aromatic carbocycles. The summed E-state index contributed by atoms with van der Waals surface area (Å²) in [5, 5.41) is 3.37. The van der Waals surface area contributed by atoms with Crippen LogP contribution >= 0.6 is 0 Å². The molecule has 1 rings (SSSR count). The Morgan fingerprint density at radius 3 is 2.20 bits per heavy atom. The Morgan fingerprint density at radius 2 is 2.00 bits per heavy atom. The second-order valence-corrected chi connectivity index (χ2v) is 4.15. The molecule has 0 bridgehead atoms. The molecule has 2 nitrogen and oxygen atoms in total. The Kier molecular flexibility index (Phi) is 2.02. The van der Waals surface area contributed by atoms with Crippen molar-refractivity contribution in [3.05, 3.63) is 0 Å². The maximum atomic E-state index is 5.52. The van der Waals surface area contributed by atoms with E-state index >= 15 is 0 Å². The summed E-state index contributed by atoms with van der Waals surface area (Å²) in [6, 6.07) is 0.518. The number of nitrogens with one attached hydrogen (secondary N) is 1. The third-order valence-electron chi connectivity index (χ3n) is 1.74. The van der Waals surface area contributed by atoms with Gasteiger partial charge < -0.3 is 4.74 Å². The number of hydrogen-bond acceptors (Lipinski definition) is 2. The van der Waals surface area contributed by atoms with Crippen molar-refractivity contribution in [2.45, 2.75) is 40.0 Å². The molecule has 0 radical (unpaired) electrons. The fourth-order valence-corrected chi connectivity index (χ4v) is 1.10. The molecule has 10 heavy (non-hydrogen) atoms. The van der Waals surface area contributed by atoms with Crippen LogP contribution in [0.25, 0.3) is 0 Å². The van der Waals surface area contributed by atoms with E-state index in [1.807, 2.05) is 0 Å². The van der Waals surface area contributed by atoms with E-state index < -0.39 is 0 Å². The Morgan fingerprint density at radius 1 is 1.40 bits per heavy atom. The lowest BCUT2D eigenvalue weighted by atomic mass is 9.94. The second kappa shape index (κ2) is 2.51. The highest BCUT2D eigenvalue weighted by atomic mass is 16.5. The fourth-order valence-electron chi connectivity index (χ4n) is 1.10. The van der Waals surface area contributed by atoms with E-state index in [0.29, 0.717) is 6.04 Å². The Hall–Kier alpha value is -0.0800. The van der Waals surface area contributed by atoms with Gasteiger partial charge in [-0.15, -0.1) is 0 Å². The summed E-state index contributed by atoms with van der Waals surface area (Å²) in [6.07, 6.45) is 0.238. The van der Waals surface area contributed by atoms with Gasteiger partial charge in [-0.1, -0.05) is 20.8 Å². The van der Waals surface area contributed by atoms with Gasteiger partial charge in [0.05, 0.1) is 6.61 Å². The lowest BCUT2D eigenvalue weighted by Crippen LogP contribution is -2.38. The van der Waals surface area contributed by atoms with Crippen LogP contribution in [0.3, 0.4) is 0 Å². The zero-order valence-corrected chi connectivity index (χ0v) is 7.27. The minimum Gasteiger partial charge on any atom is -0.361 e. The Balaban J connectivity index is 2.45. The summed E-state index contributed by atoms with van der Waals surface area (Å²) < 4.78 is 5.52. The standard InChI is InChI=1S/C8H17NO/c1-6-5-10-7(9-6)8(2,3)4/h6-7,9H,5H2,1-4H3. The highest BCUT2D eigenvalue weighted by Gasteiger charge is 2.31. The fraction of sp³-hybridized carbons (Fsp3) is 1.00. The van der Waals surface area contributed by atoms with Crippen LogP contribution in [0.1, 0.15) is 27.7 Å². The molecule has 1 saturated heterocycles. The molecule has 2 atom stereocenters. The molecule has 1 heterocycles. The lowest BCUT2D eigenvalue weighted by Gasteiger charge is -2.25. The van der Waals surface area contributed by atoms with E-state index in [1.54, 1.807) is 0 Å². The average molecular weight is 143 g/mol. The lowest BCUT2D eigenvalue weighted by molar-refractivity contribution is 0.0173. The highest BCUT2D eigenvalue weighted by Crippen LogP contribution is 2.23. The van der Waals surface area contributed by atoms with Crippen molar-refractivity contribution < 1.29 is 4.74 Å². The van der Waals surface area contributed by atoms with Crippen LogP contribution in [0.5, 0.6) is 0 Å². The van der Waals surface area contributed by atoms with Crippen molar-refractivity contribution in [2.24, 2.45) is 5.41 Å². The molecule has 1 aliphatic heterocycles. The zero-order valence-electron chi connectivity index (χ0n) is 7.27. The average Bonchev–Trinajstić information content (AvgIpc) is 2.11. The molecule has 2 unspecified atom stereocenters. The molecule has 2 heteroatoms. The molecule has 0 aromatic rings. The molecule has 60 valence electrons. The van der Waals surface area contributed by atoms with Gasteiger partial charge >= 0.3 is 0 Å². The topological polar surface area (TPSA) is 21.3 Å². The Labute approximate surface area is 63.0 Å². The summed E-state index contributed by atoms with van der Waals surface area (Å²) in [6.45, 7) is 9.54. The van der Waals surface area contributed by atoms with E-state index in [0.717, 1.165) is 6.61 Å². The first-order valence-electron chi connectivity index (χ1n) is 3.88. The second-order valence-electron chi connectivity index (χ2n) is 4.15. The molecule has 0 spiro atoms. The molecular formula is C8H17NO. The normalized spacial score (nSPS) is 34.8. The minimum absolute atomic E-state index is 0.227. The quantitative estimate of drug-likeness (QED) is 0.553. The first-order chi connectivity index (χ1) is 4.50. The van der Waals surface area contributed by atoms with Crippen molar-refractivity contribution in [3.63, 3.8) is 0 Å². The molecule has 0 amide bonds. The Bertz CT molecular complexity index is 117. The van der Waals surface area contributed by atoms with E-state index in [4.69, 9.17) is 4.74 Å². The predicted octanol–water partition coefficient (Wildman–Crippen LogP) is 1.37. The molecule has 1 fully saturated rings. The maximum Gasteiger partial charge on any atom is 0.113 e. The van der Waals surface area contributed by atoms with Crippen molar-refractivity contribution in [3.8, 4) is 0 Å². The molecule has 1 aliphatic rings. The van der Waals surface area contributed by atoms with E-state index in [2.05, 4.69) is 33.0 Å². The van der Waals surface area contributed by atoms with Crippen LogP contribution in [0.4, 0.5) is 0 Å². The van der Waals surface area contributed by atoms with Gasteiger partial charge in [-0.2, -0.15) is 0 Å². The predicted molar refractivity (Wildman–Crippen MR) is 41.8 cm³/mol. The minimum atomic E-state index is 0.227. The molecule has 0 aliphatic carbocycles. The summed E-state index contributed by atoms with van der Waals surface area (Å²) >= 11 is 0. The first kappa shape index (κ1) is 8.02. The molecule has 0 aromatic heterocycles. The smallest absolute Gasteiger partial charge is 0.113 e. The molecular weight excluding hydrogens is 126 g/mol. The van der Waals surface area contributed by atoms with Crippen LogP contribution < -0.4 is 5.32 Å². The van der Waals surface area contributed by atoms with E-state index in [9.17, 15) is 0 Å². The largest absolute Gasteiger partial charge is 0.361 e. The highest BCUT2D eigenvalue weighted by molar-refractivity contribution is 4.80. The van der Waals surface area contributed by atoms with Crippen molar-refractivity contribution in [1.29, 1.82) is 0 Å². The SMILES string of the molecule is CC1COC(C(C)(C)C)N1. The van der Waals surface area contributed by atoms with Gasteiger partial charge in [-0.05, 0) is 6.92 Å². The third-order valence-corrected chi connectivity index (χ3v) is 1.74. The van der Waals surface area contributed by atoms with Gasteiger partial charge in [-0.25, -0.2) is 0 Å². The van der Waals surface area contributed by atoms with Crippen LogP contribution in [0, 0.1) is 5.41 Å². The number of ether oxygens (including phenoxy) is 1. The van der Waals surface area contributed by atoms with Crippen molar-refractivity contribution >= 4 is 0 Å². The van der Waals surface area contributed by atoms with Crippen LogP contribution in [-0.2, 0) is 4.74 Å². The van der Waals surface area contributed by atoms with Crippen LogP contribution in [0.2, 0.25) is 0 Å². The van der Waals surface area contributed by atoms with E-state index in [1.165, 1.54) is 0 Å². The van der Waals surface area contributed by atoms with Crippen LogP contribution in [0.15, 0.2) is 0 Å². The van der Waals surface area contributed by atoms with Gasteiger partial charge in [0, 0.05) is 11.5 Å². The van der Waals surface area contributed by atoms with Crippen LogP contribution in [-0.4, -0.2) is 18.9 Å². The number of rotatable bonds is 0. The first-order valence-corrected chi connectivity index (χ1v) is 3.88. The van der Waals surface area contributed by atoms with Crippen molar-refractivity contribution in [2.75, 3.05) is 6.61 Å². The summed E-state index contributed by atoms with van der Waals surface area (Å²) in [5.41, 5.74) is 0.227. The summed E-state index contributed by atoms with van der Waals surface area (Å²) in [5.74, 6) is 0. The maximum absolute atomic E-state index is 5.52. The van der Waals surface area contributed by atoms with Gasteiger partial charge in [0.25, 0.3) is 0 Å². The van der Waals surface area contributed by atoms with Gasteiger partial charge in [0.2, 0.25) is 0 Å². The van der Waals surface area contributed by atoms with Gasteiger partial charge in [0.15, 0.2) is 0 Å². The summed E-state index contributed by atoms with van der Waals surface area (Å²) in [7, 11) is 0. The van der Waals surface area contributed by atoms with Crippen molar-refractivity contribution in [1.82, 2.24) is 5.32 Å².